The van der Waals surface area contributed by atoms with E-state index in [1.807, 2.05) is 0 Å². The van der Waals surface area contributed by atoms with Crippen LogP contribution in [-0.4, -0.2) is 27.1 Å². The summed E-state index contributed by atoms with van der Waals surface area (Å²) in [5.41, 5.74) is 6.28. The van der Waals surface area contributed by atoms with Gasteiger partial charge in [0.1, 0.15) is 0 Å². The Morgan fingerprint density at radius 2 is 1.54 bits per heavy atom. The summed E-state index contributed by atoms with van der Waals surface area (Å²) in [7, 11) is -3.35. The number of hydrogen-bond acceptors (Lipinski definition) is 3. The molecule has 2 rings (SSSR count). The van der Waals surface area contributed by atoms with Gasteiger partial charge in [0.25, 0.3) is 5.91 Å². The molecule has 0 unspecified atom stereocenters. The van der Waals surface area contributed by atoms with E-state index in [0.717, 1.165) is 18.2 Å². The Balaban J connectivity index is 2.13. The van der Waals surface area contributed by atoms with Crippen molar-refractivity contribution in [3.05, 3.63) is 63.7 Å². The summed E-state index contributed by atoms with van der Waals surface area (Å²) in [6.07, 6.45) is 1.88. The molecule has 4 nitrogen and oxygen atoms in total. The van der Waals surface area contributed by atoms with Gasteiger partial charge in [0.15, 0.2) is 9.84 Å². The molecular formula is C23H31NO3S. The molecule has 1 N–H and O–H groups in total. The Kier molecular flexibility index (Phi) is 6.39. The number of nitrogens with one attached hydrogen (secondary N) is 1. The van der Waals surface area contributed by atoms with Crippen LogP contribution >= 0.6 is 0 Å². The maximum atomic E-state index is 12.6. The highest BCUT2D eigenvalue weighted by molar-refractivity contribution is 7.90. The lowest BCUT2D eigenvalue weighted by molar-refractivity contribution is 0.0953. The van der Waals surface area contributed by atoms with Crippen LogP contribution < -0.4 is 5.32 Å². The fraction of sp³-hybridized carbons (Fsp3) is 0.435. The Labute approximate surface area is 169 Å². The van der Waals surface area contributed by atoms with Crippen molar-refractivity contribution in [2.45, 2.75) is 58.3 Å². The summed E-state index contributed by atoms with van der Waals surface area (Å²) >= 11 is 0. The van der Waals surface area contributed by atoms with Gasteiger partial charge >= 0.3 is 0 Å². The molecular weight excluding hydrogens is 370 g/mol. The van der Waals surface area contributed by atoms with Crippen molar-refractivity contribution >= 4 is 15.7 Å². The molecule has 152 valence electrons. The molecule has 5 heteroatoms. The second-order valence-corrected chi connectivity index (χ2v) is 10.6. The van der Waals surface area contributed by atoms with Gasteiger partial charge in [0, 0.05) is 18.4 Å². The zero-order valence-electron chi connectivity index (χ0n) is 17.9. The van der Waals surface area contributed by atoms with E-state index < -0.39 is 9.84 Å². The number of amides is 1. The minimum Gasteiger partial charge on any atom is -0.352 e. The normalized spacial score (nSPS) is 12.1. The first-order valence-corrected chi connectivity index (χ1v) is 11.4. The van der Waals surface area contributed by atoms with Gasteiger partial charge in [-0.15, -0.1) is 0 Å². The molecule has 0 aromatic heterocycles. The van der Waals surface area contributed by atoms with Crippen LogP contribution in [0.3, 0.4) is 0 Å². The molecule has 0 radical (unpaired) electrons. The van der Waals surface area contributed by atoms with Crippen LogP contribution in [0.4, 0.5) is 0 Å². The third-order valence-electron chi connectivity index (χ3n) is 5.10. The molecule has 0 aliphatic rings. The lowest BCUT2D eigenvalue weighted by Crippen LogP contribution is -2.27. The molecule has 0 aliphatic heterocycles. The number of rotatable bonds is 5. The van der Waals surface area contributed by atoms with Crippen molar-refractivity contribution in [3.8, 4) is 0 Å². The van der Waals surface area contributed by atoms with E-state index in [9.17, 15) is 13.2 Å². The summed E-state index contributed by atoms with van der Waals surface area (Å²) < 4.78 is 23.5. The average molecular weight is 402 g/mol. The molecule has 0 spiro atoms. The van der Waals surface area contributed by atoms with Crippen LogP contribution in [0, 0.1) is 20.8 Å². The smallest absolute Gasteiger partial charge is 0.251 e. The molecule has 2 aromatic rings. The fourth-order valence-corrected chi connectivity index (χ4v) is 3.94. The topological polar surface area (TPSA) is 63.2 Å². The molecule has 0 fully saturated rings. The van der Waals surface area contributed by atoms with Gasteiger partial charge in [-0.2, -0.15) is 0 Å². The quantitative estimate of drug-likeness (QED) is 0.813. The van der Waals surface area contributed by atoms with E-state index >= 15 is 0 Å². The molecule has 0 aliphatic carbocycles. The minimum absolute atomic E-state index is 0.102. The number of carbonyl (C=O) groups is 1. The summed E-state index contributed by atoms with van der Waals surface area (Å²) in [4.78, 5) is 12.7. The monoisotopic (exact) mass is 401 g/mol. The van der Waals surface area contributed by atoms with E-state index in [1.54, 1.807) is 13.0 Å². The lowest BCUT2D eigenvalue weighted by atomic mass is 9.83. The zero-order chi connectivity index (χ0) is 21.3. The van der Waals surface area contributed by atoms with Gasteiger partial charge < -0.3 is 5.32 Å². The Morgan fingerprint density at radius 1 is 0.964 bits per heavy atom. The van der Waals surface area contributed by atoms with Gasteiger partial charge in [-0.3, -0.25) is 4.79 Å². The lowest BCUT2D eigenvalue weighted by Gasteiger charge is -2.22. The van der Waals surface area contributed by atoms with Crippen LogP contribution in [0.25, 0.3) is 0 Å². The maximum Gasteiger partial charge on any atom is 0.251 e. The Morgan fingerprint density at radius 3 is 2.04 bits per heavy atom. The van der Waals surface area contributed by atoms with E-state index in [-0.39, 0.29) is 16.2 Å². The van der Waals surface area contributed by atoms with Crippen LogP contribution in [-0.2, 0) is 21.7 Å². The van der Waals surface area contributed by atoms with Gasteiger partial charge in [-0.1, -0.05) is 39.0 Å². The van der Waals surface area contributed by atoms with Crippen molar-refractivity contribution in [1.29, 1.82) is 0 Å². The van der Waals surface area contributed by atoms with E-state index in [0.29, 0.717) is 12.1 Å². The second kappa shape index (κ2) is 8.08. The van der Waals surface area contributed by atoms with Gasteiger partial charge in [0.2, 0.25) is 0 Å². The number of carbonyl (C=O) groups excluding carboxylic acids is 1. The number of aryl methyl sites for hydroxylation is 3. The molecule has 1 amide bonds. The SMILES string of the molecule is Cc1ccc(S(C)(=O)=O)cc1C(=O)NCCc1c(C)cc(C(C)(C)C)cc1C. The third-order valence-corrected chi connectivity index (χ3v) is 6.21. The van der Waals surface area contributed by atoms with E-state index in [4.69, 9.17) is 0 Å². The van der Waals surface area contributed by atoms with Crippen molar-refractivity contribution in [2.75, 3.05) is 12.8 Å². The molecule has 28 heavy (non-hydrogen) atoms. The van der Waals surface area contributed by atoms with Gasteiger partial charge in [0.05, 0.1) is 4.90 Å². The van der Waals surface area contributed by atoms with Crippen LogP contribution in [0.2, 0.25) is 0 Å². The highest BCUT2D eigenvalue weighted by atomic mass is 32.2. The van der Waals surface area contributed by atoms with Crippen molar-refractivity contribution in [2.24, 2.45) is 0 Å². The number of hydrogen-bond donors (Lipinski definition) is 1. The number of sulfone groups is 1. The summed E-state index contributed by atoms with van der Waals surface area (Å²) in [6.45, 7) is 13.1. The average Bonchev–Trinajstić information content (AvgIpc) is 2.55. The molecule has 0 heterocycles. The standard InChI is InChI=1S/C23H31NO3S/c1-15-8-9-19(28(7,26)27)14-21(15)22(25)24-11-10-20-16(2)12-18(13-17(20)3)23(4,5)6/h8-9,12-14H,10-11H2,1-7H3,(H,24,25). The largest absolute Gasteiger partial charge is 0.352 e. The summed E-state index contributed by atoms with van der Waals surface area (Å²) in [6, 6.07) is 9.11. The predicted molar refractivity (Wildman–Crippen MR) is 115 cm³/mol. The summed E-state index contributed by atoms with van der Waals surface area (Å²) in [5.74, 6) is -0.246. The highest BCUT2D eigenvalue weighted by Crippen LogP contribution is 2.27. The van der Waals surface area contributed by atoms with Crippen LogP contribution in [0.5, 0.6) is 0 Å². The van der Waals surface area contributed by atoms with Gasteiger partial charge in [-0.05, 0) is 72.6 Å². The molecule has 0 saturated carbocycles. The van der Waals surface area contributed by atoms with Gasteiger partial charge in [-0.25, -0.2) is 8.42 Å². The minimum atomic E-state index is -3.35. The first-order chi connectivity index (χ1) is 12.8. The molecule has 2 aromatic carbocycles. The zero-order valence-corrected chi connectivity index (χ0v) is 18.8. The Bertz CT molecular complexity index is 976. The first-order valence-electron chi connectivity index (χ1n) is 9.50. The Hall–Kier alpha value is -2.14. The predicted octanol–water partition coefficient (Wildman–Crippen LogP) is 4.29. The van der Waals surface area contributed by atoms with E-state index in [1.165, 1.54) is 34.4 Å². The highest BCUT2D eigenvalue weighted by Gasteiger charge is 2.17. The third kappa shape index (κ3) is 5.22. The van der Waals surface area contributed by atoms with Crippen molar-refractivity contribution in [3.63, 3.8) is 0 Å². The van der Waals surface area contributed by atoms with Crippen LogP contribution in [0.15, 0.2) is 35.2 Å². The maximum absolute atomic E-state index is 12.6. The molecule has 0 bridgehead atoms. The van der Waals surface area contributed by atoms with Crippen molar-refractivity contribution in [1.82, 2.24) is 5.32 Å². The van der Waals surface area contributed by atoms with Crippen LogP contribution in [0.1, 0.15) is 58.9 Å². The van der Waals surface area contributed by atoms with E-state index in [2.05, 4.69) is 52.1 Å². The first kappa shape index (κ1) is 22.2. The summed E-state index contributed by atoms with van der Waals surface area (Å²) in [5, 5.41) is 2.93. The molecule has 0 saturated heterocycles. The second-order valence-electron chi connectivity index (χ2n) is 8.59. The number of benzene rings is 2. The van der Waals surface area contributed by atoms with Crippen molar-refractivity contribution < 1.29 is 13.2 Å². The fourth-order valence-electron chi connectivity index (χ4n) is 3.29. The molecule has 0 atom stereocenters.